The molecule has 0 spiro atoms. The lowest BCUT2D eigenvalue weighted by atomic mass is 10.0. The second-order valence-electron chi connectivity index (χ2n) is 10.4. The average Bonchev–Trinajstić information content (AvgIpc) is 2.86. The second kappa shape index (κ2) is 20.2. The summed E-state index contributed by atoms with van der Waals surface area (Å²) < 4.78 is 0. The largest absolute Gasteiger partial charge is 0.480 e. The van der Waals surface area contributed by atoms with Gasteiger partial charge in [-0.3, -0.25) is 19.3 Å². The third-order valence-electron chi connectivity index (χ3n) is 7.11. The van der Waals surface area contributed by atoms with Crippen LogP contribution in [-0.2, 0) is 14.4 Å². The van der Waals surface area contributed by atoms with Crippen LogP contribution in [0.2, 0.25) is 0 Å². The molecule has 6 heteroatoms. The molecule has 37 heavy (non-hydrogen) atoms. The van der Waals surface area contributed by atoms with Crippen LogP contribution in [0.1, 0.15) is 126 Å². The summed E-state index contributed by atoms with van der Waals surface area (Å²) in [6.45, 7) is 7.57. The van der Waals surface area contributed by atoms with Crippen LogP contribution in [-0.4, -0.2) is 34.4 Å². The summed E-state index contributed by atoms with van der Waals surface area (Å²) >= 11 is 1.01. The smallest absolute Gasteiger partial charge is 0.323 e. The van der Waals surface area contributed by atoms with Crippen LogP contribution in [0.25, 0.3) is 0 Å². The predicted octanol–water partition coefficient (Wildman–Crippen LogP) is 8.55. The first-order valence-corrected chi connectivity index (χ1v) is 15.5. The quantitative estimate of drug-likeness (QED) is 0.160. The van der Waals surface area contributed by atoms with Gasteiger partial charge in [0.25, 0.3) is 0 Å². The van der Waals surface area contributed by atoms with Gasteiger partial charge in [0.1, 0.15) is 6.54 Å². The number of unbranched alkanes of at least 4 members (excludes halogenated alkanes) is 14. The molecule has 0 saturated heterocycles. The van der Waals surface area contributed by atoms with Gasteiger partial charge in [0, 0.05) is 6.42 Å². The van der Waals surface area contributed by atoms with Crippen LogP contribution >= 0.6 is 11.8 Å². The lowest BCUT2D eigenvalue weighted by Crippen LogP contribution is -2.38. The Morgan fingerprint density at radius 3 is 1.68 bits per heavy atom. The molecule has 1 aromatic carbocycles. The fourth-order valence-corrected chi connectivity index (χ4v) is 5.44. The predicted molar refractivity (Wildman–Crippen MR) is 158 cm³/mol. The second-order valence-corrected chi connectivity index (χ2v) is 11.4. The van der Waals surface area contributed by atoms with Crippen molar-refractivity contribution in [3.8, 4) is 0 Å². The minimum absolute atomic E-state index is 0.0102. The molecule has 0 saturated carbocycles. The standard InChI is InChI=1S/C31H51NO4S/c1-5-6-7-8-9-10-11-12-13-14-15-16-17-18-19-20-30(36)37-24-28(33)32(23-29(34)35)31-26(3)22-21-25(2)27(31)4/h21-22H,5-20,23-24H2,1-4H3,(H,34,35). The zero-order valence-corrected chi connectivity index (χ0v) is 24.7. The van der Waals surface area contributed by atoms with Gasteiger partial charge in [-0.25, -0.2) is 0 Å². The summed E-state index contributed by atoms with van der Waals surface area (Å²) in [4.78, 5) is 38.0. The average molecular weight is 534 g/mol. The van der Waals surface area contributed by atoms with Gasteiger partial charge in [-0.05, 0) is 43.9 Å². The van der Waals surface area contributed by atoms with Crippen LogP contribution in [0.5, 0.6) is 0 Å². The fourth-order valence-electron chi connectivity index (χ4n) is 4.71. The van der Waals surface area contributed by atoms with E-state index in [1.165, 1.54) is 81.9 Å². The molecule has 5 nitrogen and oxygen atoms in total. The van der Waals surface area contributed by atoms with Crippen LogP contribution in [0, 0.1) is 20.8 Å². The first kappa shape index (κ1) is 33.2. The van der Waals surface area contributed by atoms with E-state index in [9.17, 15) is 19.5 Å². The number of benzene rings is 1. The molecular formula is C31H51NO4S. The Bertz CT molecular complexity index is 824. The number of carboxylic acid groups (broad SMARTS) is 1. The van der Waals surface area contributed by atoms with Gasteiger partial charge in [-0.15, -0.1) is 0 Å². The molecule has 0 aliphatic heterocycles. The number of carbonyl (C=O) groups excluding carboxylic acids is 2. The number of carboxylic acids is 1. The number of nitrogens with zero attached hydrogens (tertiary/aromatic N) is 1. The molecule has 0 heterocycles. The third-order valence-corrected chi connectivity index (χ3v) is 8.03. The maximum Gasteiger partial charge on any atom is 0.323 e. The lowest BCUT2D eigenvalue weighted by Gasteiger charge is -2.25. The highest BCUT2D eigenvalue weighted by Crippen LogP contribution is 2.28. The summed E-state index contributed by atoms with van der Waals surface area (Å²) in [5, 5.41) is 9.37. The molecule has 210 valence electrons. The van der Waals surface area contributed by atoms with Gasteiger partial charge < -0.3 is 5.11 Å². The van der Waals surface area contributed by atoms with E-state index in [1.54, 1.807) is 0 Å². The molecule has 1 aromatic rings. The molecule has 0 bridgehead atoms. The number of rotatable bonds is 21. The summed E-state index contributed by atoms with van der Waals surface area (Å²) in [5.41, 5.74) is 3.39. The molecule has 0 aromatic heterocycles. The SMILES string of the molecule is CCCCCCCCCCCCCCCCCC(=O)SCC(=O)N(CC(=O)O)c1c(C)ccc(C)c1C. The Kier molecular flexibility index (Phi) is 18.1. The summed E-state index contributed by atoms with van der Waals surface area (Å²) in [6, 6.07) is 3.86. The number of anilines is 1. The van der Waals surface area contributed by atoms with Crippen molar-refractivity contribution in [1.29, 1.82) is 0 Å². The van der Waals surface area contributed by atoms with Crippen molar-refractivity contribution in [2.75, 3.05) is 17.2 Å². The van der Waals surface area contributed by atoms with Gasteiger partial charge in [-0.2, -0.15) is 0 Å². The van der Waals surface area contributed by atoms with Crippen molar-refractivity contribution < 1.29 is 19.5 Å². The van der Waals surface area contributed by atoms with Crippen LogP contribution in [0.15, 0.2) is 12.1 Å². The number of hydrogen-bond donors (Lipinski definition) is 1. The van der Waals surface area contributed by atoms with Crippen molar-refractivity contribution in [2.24, 2.45) is 0 Å². The Labute approximate surface area is 230 Å². The molecule has 1 rings (SSSR count). The van der Waals surface area contributed by atoms with Crippen LogP contribution < -0.4 is 4.90 Å². The van der Waals surface area contributed by atoms with Gasteiger partial charge in [0.05, 0.1) is 11.4 Å². The molecule has 1 amide bonds. The fraction of sp³-hybridized carbons (Fsp3) is 0.710. The summed E-state index contributed by atoms with van der Waals surface area (Å²) in [6.07, 6.45) is 19.8. The van der Waals surface area contributed by atoms with E-state index in [0.29, 0.717) is 12.1 Å². The van der Waals surface area contributed by atoms with Crippen molar-refractivity contribution in [1.82, 2.24) is 0 Å². The van der Waals surface area contributed by atoms with Gasteiger partial charge >= 0.3 is 5.97 Å². The number of aryl methyl sites for hydroxylation is 2. The first-order chi connectivity index (χ1) is 17.8. The Morgan fingerprint density at radius 2 is 1.19 bits per heavy atom. The van der Waals surface area contributed by atoms with E-state index in [-0.39, 0.29) is 16.8 Å². The maximum absolute atomic E-state index is 12.9. The summed E-state index contributed by atoms with van der Waals surface area (Å²) in [7, 11) is 0. The molecule has 0 fully saturated rings. The lowest BCUT2D eigenvalue weighted by molar-refractivity contribution is -0.136. The molecule has 0 radical (unpaired) electrons. The molecule has 1 N–H and O–H groups in total. The van der Waals surface area contributed by atoms with Crippen LogP contribution in [0.3, 0.4) is 0 Å². The summed E-state index contributed by atoms with van der Waals surface area (Å²) in [5.74, 6) is -1.44. The molecular weight excluding hydrogens is 482 g/mol. The van der Waals surface area contributed by atoms with Crippen molar-refractivity contribution in [3.63, 3.8) is 0 Å². The molecule has 0 aliphatic rings. The molecule has 0 unspecified atom stereocenters. The van der Waals surface area contributed by atoms with E-state index in [0.717, 1.165) is 47.7 Å². The van der Waals surface area contributed by atoms with Gasteiger partial charge in [-0.1, -0.05) is 121 Å². The topological polar surface area (TPSA) is 74.7 Å². The number of thioether (sulfide) groups is 1. The number of hydrogen-bond acceptors (Lipinski definition) is 4. The Hall–Kier alpha value is -1.82. The first-order valence-electron chi connectivity index (χ1n) is 14.5. The van der Waals surface area contributed by atoms with Crippen molar-refractivity contribution in [2.45, 2.75) is 130 Å². The normalized spacial score (nSPS) is 11.0. The van der Waals surface area contributed by atoms with E-state index in [4.69, 9.17) is 0 Å². The number of aliphatic carboxylic acids is 1. The maximum atomic E-state index is 12.9. The number of amides is 1. The number of carbonyl (C=O) groups is 3. The zero-order chi connectivity index (χ0) is 27.5. The Balaban J connectivity index is 2.19. The van der Waals surface area contributed by atoms with E-state index in [2.05, 4.69) is 6.92 Å². The minimum Gasteiger partial charge on any atom is -0.480 e. The van der Waals surface area contributed by atoms with Crippen LogP contribution in [0.4, 0.5) is 5.69 Å². The molecule has 0 aliphatic carbocycles. The van der Waals surface area contributed by atoms with E-state index < -0.39 is 12.5 Å². The third kappa shape index (κ3) is 14.6. The van der Waals surface area contributed by atoms with Crippen molar-refractivity contribution in [3.05, 3.63) is 28.8 Å². The Morgan fingerprint density at radius 1 is 0.730 bits per heavy atom. The highest BCUT2D eigenvalue weighted by Gasteiger charge is 2.23. The highest BCUT2D eigenvalue weighted by molar-refractivity contribution is 8.14. The van der Waals surface area contributed by atoms with Gasteiger partial charge in [0.15, 0.2) is 5.12 Å². The zero-order valence-electron chi connectivity index (χ0n) is 23.9. The van der Waals surface area contributed by atoms with Gasteiger partial charge in [0.2, 0.25) is 5.91 Å². The molecule has 0 atom stereocenters. The van der Waals surface area contributed by atoms with E-state index in [1.807, 2.05) is 32.9 Å². The van der Waals surface area contributed by atoms with Crippen molar-refractivity contribution >= 4 is 34.4 Å². The van der Waals surface area contributed by atoms with E-state index >= 15 is 0 Å². The minimum atomic E-state index is -1.07. The highest BCUT2D eigenvalue weighted by atomic mass is 32.2. The monoisotopic (exact) mass is 533 g/mol.